The number of rotatable bonds is 8. The maximum absolute atomic E-state index is 13.0. The topological polar surface area (TPSA) is 91.2 Å². The summed E-state index contributed by atoms with van der Waals surface area (Å²) in [7, 11) is 0. The average Bonchev–Trinajstić information content (AvgIpc) is 3.17. The predicted molar refractivity (Wildman–Crippen MR) is 140 cm³/mol. The van der Waals surface area contributed by atoms with Crippen LogP contribution in [0.1, 0.15) is 45.2 Å². The van der Waals surface area contributed by atoms with Crippen molar-refractivity contribution in [3.63, 3.8) is 0 Å². The van der Waals surface area contributed by atoms with Crippen molar-refractivity contribution in [3.05, 3.63) is 101 Å². The average molecular weight is 480 g/mol. The van der Waals surface area contributed by atoms with Crippen LogP contribution in [-0.4, -0.2) is 29.7 Å². The Balaban J connectivity index is 1.22. The summed E-state index contributed by atoms with van der Waals surface area (Å²) in [4.78, 5) is 27.3. The van der Waals surface area contributed by atoms with Crippen LogP contribution in [0.15, 0.2) is 84.0 Å². The van der Waals surface area contributed by atoms with Gasteiger partial charge in [-0.2, -0.15) is 5.10 Å². The Hall–Kier alpha value is -4.65. The van der Waals surface area contributed by atoms with Crippen LogP contribution < -0.4 is 15.1 Å². The molecule has 2 N–H and O–H groups in total. The summed E-state index contributed by atoms with van der Waals surface area (Å²) < 4.78 is 5.48. The third kappa shape index (κ3) is 4.51. The van der Waals surface area contributed by atoms with Gasteiger partial charge in [0.25, 0.3) is 11.8 Å². The number of benzene rings is 4. The molecule has 0 aromatic heterocycles. The van der Waals surface area contributed by atoms with Crippen LogP contribution in [0, 0.1) is 0 Å². The Labute approximate surface area is 208 Å². The molecule has 0 saturated heterocycles. The van der Waals surface area contributed by atoms with E-state index in [4.69, 9.17) is 4.74 Å². The number of carbonyl (C=O) groups is 2. The molecule has 0 unspecified atom stereocenters. The van der Waals surface area contributed by atoms with Crippen LogP contribution in [-0.2, 0) is 6.54 Å². The number of aromatic hydroxyl groups is 1. The van der Waals surface area contributed by atoms with Gasteiger partial charge in [0.05, 0.1) is 25.1 Å². The Morgan fingerprint density at radius 3 is 2.58 bits per heavy atom. The van der Waals surface area contributed by atoms with Gasteiger partial charge in [0.1, 0.15) is 11.5 Å². The second-order valence-electron chi connectivity index (χ2n) is 8.54. The molecule has 7 nitrogen and oxygen atoms in total. The smallest absolute Gasteiger partial charge is 0.271 e. The quantitative estimate of drug-likeness (QED) is 0.266. The second-order valence-corrected chi connectivity index (χ2v) is 8.54. The molecule has 36 heavy (non-hydrogen) atoms. The maximum atomic E-state index is 13.0. The van der Waals surface area contributed by atoms with Crippen LogP contribution in [0.5, 0.6) is 11.5 Å². The summed E-state index contributed by atoms with van der Waals surface area (Å²) in [5, 5.41) is 16.1. The summed E-state index contributed by atoms with van der Waals surface area (Å²) in [5.41, 5.74) is 5.88. The number of amides is 2. The lowest BCUT2D eigenvalue weighted by Gasteiger charge is -2.18. The lowest BCUT2D eigenvalue weighted by Crippen LogP contribution is -2.26. The minimum atomic E-state index is -0.380. The Bertz CT molecular complexity index is 1470. The summed E-state index contributed by atoms with van der Waals surface area (Å²) in [6, 6.07) is 23.7. The number of ether oxygens (including phenoxy) is 1. The molecule has 2 amide bonds. The van der Waals surface area contributed by atoms with Gasteiger partial charge in [-0.1, -0.05) is 43.3 Å². The van der Waals surface area contributed by atoms with E-state index in [2.05, 4.69) is 10.5 Å². The zero-order valence-corrected chi connectivity index (χ0v) is 19.8. The first-order valence-electron chi connectivity index (χ1n) is 11.8. The lowest BCUT2D eigenvalue weighted by atomic mass is 10.1. The largest absolute Gasteiger partial charge is 0.507 e. The van der Waals surface area contributed by atoms with E-state index in [-0.39, 0.29) is 17.6 Å². The maximum Gasteiger partial charge on any atom is 0.271 e. The number of hydrogen-bond donors (Lipinski definition) is 2. The van der Waals surface area contributed by atoms with Crippen LogP contribution in [0.4, 0.5) is 5.69 Å². The van der Waals surface area contributed by atoms with Gasteiger partial charge in [0, 0.05) is 28.1 Å². The monoisotopic (exact) mass is 479 g/mol. The van der Waals surface area contributed by atoms with Crippen LogP contribution >= 0.6 is 0 Å². The van der Waals surface area contributed by atoms with Crippen molar-refractivity contribution in [1.82, 2.24) is 5.43 Å². The van der Waals surface area contributed by atoms with Crippen LogP contribution in [0.3, 0.4) is 0 Å². The Kier molecular flexibility index (Phi) is 6.36. The molecule has 0 fully saturated rings. The highest BCUT2D eigenvalue weighted by Crippen LogP contribution is 2.38. The molecule has 0 atom stereocenters. The molecule has 0 spiro atoms. The van der Waals surface area contributed by atoms with Crippen LogP contribution in [0.2, 0.25) is 0 Å². The van der Waals surface area contributed by atoms with Gasteiger partial charge in [-0.15, -0.1) is 0 Å². The molecule has 1 heterocycles. The molecular weight excluding hydrogens is 454 g/mol. The van der Waals surface area contributed by atoms with Crippen molar-refractivity contribution in [2.75, 3.05) is 11.5 Å². The normalized spacial score (nSPS) is 12.5. The van der Waals surface area contributed by atoms with E-state index < -0.39 is 0 Å². The highest BCUT2D eigenvalue weighted by molar-refractivity contribution is 6.24. The molecule has 7 heteroatoms. The predicted octanol–water partition coefficient (Wildman–Crippen LogP) is 5.26. The fraction of sp³-hybridized carbons (Fsp3) is 0.138. The van der Waals surface area contributed by atoms with Crippen molar-refractivity contribution >= 4 is 34.5 Å². The molecule has 5 rings (SSSR count). The van der Waals surface area contributed by atoms with Gasteiger partial charge in [-0.3, -0.25) is 9.59 Å². The zero-order valence-electron chi connectivity index (χ0n) is 19.8. The van der Waals surface area contributed by atoms with Gasteiger partial charge in [0.15, 0.2) is 0 Å². The highest BCUT2D eigenvalue weighted by Gasteiger charge is 2.29. The van der Waals surface area contributed by atoms with Gasteiger partial charge in [-0.05, 0) is 53.8 Å². The number of nitrogens with zero attached hydrogens (tertiary/aromatic N) is 2. The first-order valence-corrected chi connectivity index (χ1v) is 11.8. The second kappa shape index (κ2) is 9.92. The lowest BCUT2D eigenvalue weighted by molar-refractivity contribution is 0.0953. The summed E-state index contributed by atoms with van der Waals surface area (Å²) in [6.45, 7) is 2.98. The summed E-state index contributed by atoms with van der Waals surface area (Å²) >= 11 is 0. The number of phenols is 1. The van der Waals surface area contributed by atoms with E-state index in [1.54, 1.807) is 29.2 Å². The molecule has 1 aliphatic rings. The Morgan fingerprint density at radius 1 is 1.06 bits per heavy atom. The number of hydrogen-bond acceptors (Lipinski definition) is 5. The van der Waals surface area contributed by atoms with E-state index in [9.17, 15) is 14.7 Å². The van der Waals surface area contributed by atoms with E-state index in [0.717, 1.165) is 28.4 Å². The standard InChI is InChI=1S/C29H25N3O4/c1-2-15-36-23-14-13-22(26(33)16-23)17-30-31-28(34)21-11-9-19(10-12-21)18-32-25-8-4-6-20-5-3-7-24(27(20)25)29(32)35/h3-14,16-17,33H,2,15,18H2,1H3,(H,31,34)/b30-17+. The molecule has 1 aliphatic heterocycles. The van der Waals surface area contributed by atoms with Crippen LogP contribution in [0.25, 0.3) is 10.8 Å². The van der Waals surface area contributed by atoms with Crippen molar-refractivity contribution in [3.8, 4) is 11.5 Å². The number of carbonyl (C=O) groups excluding carboxylic acids is 2. The van der Waals surface area contributed by atoms with Crippen molar-refractivity contribution in [2.45, 2.75) is 19.9 Å². The fourth-order valence-electron chi connectivity index (χ4n) is 4.25. The first-order chi connectivity index (χ1) is 17.5. The zero-order chi connectivity index (χ0) is 25.1. The molecule has 4 aromatic rings. The van der Waals surface area contributed by atoms with Crippen molar-refractivity contribution < 1.29 is 19.4 Å². The summed E-state index contributed by atoms with van der Waals surface area (Å²) in [5.74, 6) is 0.188. The minimum absolute atomic E-state index is 0.0141. The van der Waals surface area contributed by atoms with E-state index in [0.29, 0.717) is 35.6 Å². The summed E-state index contributed by atoms with van der Waals surface area (Å²) in [6.07, 6.45) is 2.25. The highest BCUT2D eigenvalue weighted by atomic mass is 16.5. The first kappa shape index (κ1) is 23.1. The van der Waals surface area contributed by atoms with Gasteiger partial charge < -0.3 is 14.7 Å². The SMILES string of the molecule is CCCOc1ccc(/C=N/NC(=O)c2ccc(CN3C(=O)c4cccc5cccc3c45)cc2)c(O)c1. The van der Waals surface area contributed by atoms with E-state index >= 15 is 0 Å². The molecule has 0 saturated carbocycles. The molecule has 4 aromatic carbocycles. The number of phenolic OH excluding ortho intramolecular Hbond substituents is 1. The van der Waals surface area contributed by atoms with Gasteiger partial charge >= 0.3 is 0 Å². The molecule has 0 bridgehead atoms. The van der Waals surface area contributed by atoms with E-state index in [1.165, 1.54) is 12.3 Å². The minimum Gasteiger partial charge on any atom is -0.507 e. The van der Waals surface area contributed by atoms with E-state index in [1.807, 2.05) is 55.5 Å². The van der Waals surface area contributed by atoms with Crippen molar-refractivity contribution in [1.29, 1.82) is 0 Å². The molecule has 180 valence electrons. The van der Waals surface area contributed by atoms with Gasteiger partial charge in [-0.25, -0.2) is 5.43 Å². The fourth-order valence-corrected chi connectivity index (χ4v) is 4.25. The third-order valence-electron chi connectivity index (χ3n) is 6.05. The number of nitrogens with one attached hydrogen (secondary N) is 1. The van der Waals surface area contributed by atoms with Crippen molar-refractivity contribution in [2.24, 2.45) is 5.10 Å². The molecule has 0 radical (unpaired) electrons. The van der Waals surface area contributed by atoms with Gasteiger partial charge in [0.2, 0.25) is 0 Å². The molecule has 0 aliphatic carbocycles. The number of anilines is 1. The third-order valence-corrected chi connectivity index (χ3v) is 6.05. The molecular formula is C29H25N3O4. The number of hydrazone groups is 1. The Morgan fingerprint density at radius 2 is 1.83 bits per heavy atom.